The molecule has 2 nitrogen and oxygen atoms in total. The zero-order valence-corrected chi connectivity index (χ0v) is 8.51. The highest BCUT2D eigenvalue weighted by molar-refractivity contribution is 5.36. The standard InChI is InChI=1S/C10H14.CNO/c1-7-5-9(3)10(4)6-8(7)2;2-1-3/h5-6H,1-4H3;/q;-1. The molecule has 2 heteroatoms. The van der Waals surface area contributed by atoms with Gasteiger partial charge in [0, 0.05) is 0 Å². The van der Waals surface area contributed by atoms with Gasteiger partial charge in [-0.1, -0.05) is 12.1 Å². The van der Waals surface area contributed by atoms with Crippen molar-refractivity contribution in [3.05, 3.63) is 39.8 Å². The summed E-state index contributed by atoms with van der Waals surface area (Å²) < 4.78 is 0. The van der Waals surface area contributed by atoms with E-state index in [0.717, 1.165) is 0 Å². The average molecular weight is 176 g/mol. The third-order valence-electron chi connectivity index (χ3n) is 2.11. The first-order valence-electron chi connectivity index (χ1n) is 4.08. The molecule has 0 N–H and O–H groups in total. The molecule has 0 radical (unpaired) electrons. The van der Waals surface area contributed by atoms with Crippen LogP contribution in [0.3, 0.4) is 0 Å². The van der Waals surface area contributed by atoms with Crippen LogP contribution in [0.5, 0.6) is 0 Å². The number of rotatable bonds is 0. The SMILES string of the molecule is Cc1cc(C)c(C)cc1C.[N-]=C=O. The van der Waals surface area contributed by atoms with Crippen LogP contribution in [0.4, 0.5) is 0 Å². The third kappa shape index (κ3) is 3.68. The van der Waals surface area contributed by atoms with E-state index in [-0.39, 0.29) is 0 Å². The fourth-order valence-corrected chi connectivity index (χ4v) is 1.10. The normalized spacial score (nSPS) is 8.31. The van der Waals surface area contributed by atoms with E-state index in [1.54, 1.807) is 0 Å². The average Bonchev–Trinajstić information content (AvgIpc) is 2.03. The maximum absolute atomic E-state index is 8.24. The molecule has 1 rings (SSSR count). The summed E-state index contributed by atoms with van der Waals surface area (Å²) in [6.07, 6.45) is 0.500. The molecule has 0 spiro atoms. The molecular formula is C11H14NO-. The second-order valence-corrected chi connectivity index (χ2v) is 3.11. The molecule has 0 aromatic heterocycles. The fourth-order valence-electron chi connectivity index (χ4n) is 1.10. The van der Waals surface area contributed by atoms with Crippen LogP contribution >= 0.6 is 0 Å². The number of hydrogen-bond donors (Lipinski definition) is 0. The summed E-state index contributed by atoms with van der Waals surface area (Å²) in [7, 11) is 0. The van der Waals surface area contributed by atoms with Gasteiger partial charge in [0.1, 0.15) is 0 Å². The minimum Gasteiger partial charge on any atom is -0.724 e. The first-order chi connectivity index (χ1) is 6.02. The highest BCUT2D eigenvalue weighted by Gasteiger charge is 1.95. The molecule has 0 atom stereocenters. The number of isocyanates is 1. The summed E-state index contributed by atoms with van der Waals surface area (Å²) in [5.41, 5.74) is 5.57. The summed E-state index contributed by atoms with van der Waals surface area (Å²) in [6.45, 7) is 8.62. The van der Waals surface area contributed by atoms with Gasteiger partial charge in [0.2, 0.25) is 0 Å². The zero-order chi connectivity index (χ0) is 10.4. The van der Waals surface area contributed by atoms with Gasteiger partial charge in [0.25, 0.3) is 0 Å². The number of carbonyl (C=O) groups excluding carboxylic acids is 1. The molecule has 0 aliphatic rings. The van der Waals surface area contributed by atoms with Crippen molar-refractivity contribution in [2.45, 2.75) is 27.7 Å². The van der Waals surface area contributed by atoms with Crippen LogP contribution in [0.2, 0.25) is 0 Å². The molecule has 0 heterocycles. The topological polar surface area (TPSA) is 39.4 Å². The van der Waals surface area contributed by atoms with Crippen molar-refractivity contribution in [2.24, 2.45) is 0 Å². The van der Waals surface area contributed by atoms with Crippen LogP contribution in [-0.2, 0) is 4.79 Å². The van der Waals surface area contributed by atoms with E-state index in [9.17, 15) is 0 Å². The minimum absolute atomic E-state index is 0.500. The van der Waals surface area contributed by atoms with Crippen molar-refractivity contribution in [1.29, 1.82) is 0 Å². The third-order valence-corrected chi connectivity index (χ3v) is 2.11. The highest BCUT2D eigenvalue weighted by atomic mass is 16.1. The maximum atomic E-state index is 8.24. The Morgan fingerprint density at radius 3 is 1.23 bits per heavy atom. The van der Waals surface area contributed by atoms with Gasteiger partial charge in [-0.25, -0.2) is 0 Å². The molecule has 70 valence electrons. The van der Waals surface area contributed by atoms with E-state index in [2.05, 4.69) is 39.8 Å². The van der Waals surface area contributed by atoms with E-state index in [1.807, 2.05) is 0 Å². The van der Waals surface area contributed by atoms with Gasteiger partial charge >= 0.3 is 0 Å². The van der Waals surface area contributed by atoms with Crippen LogP contribution in [0.15, 0.2) is 12.1 Å². The molecule has 0 aliphatic heterocycles. The molecule has 0 unspecified atom stereocenters. The first kappa shape index (κ1) is 11.6. The van der Waals surface area contributed by atoms with Crippen LogP contribution < -0.4 is 0 Å². The van der Waals surface area contributed by atoms with E-state index in [1.165, 1.54) is 22.3 Å². The quantitative estimate of drug-likeness (QED) is 0.442. The van der Waals surface area contributed by atoms with E-state index in [0.29, 0.717) is 6.08 Å². The van der Waals surface area contributed by atoms with Gasteiger partial charge in [-0.05, 0) is 56.0 Å². The molecule has 13 heavy (non-hydrogen) atoms. The Kier molecular flexibility index (Phi) is 4.71. The molecule has 0 fully saturated rings. The lowest BCUT2D eigenvalue weighted by molar-refractivity contribution is 0.569. The van der Waals surface area contributed by atoms with Gasteiger partial charge in [-0.3, -0.25) is 4.79 Å². The van der Waals surface area contributed by atoms with Crippen molar-refractivity contribution in [1.82, 2.24) is 0 Å². The molecule has 0 amide bonds. The van der Waals surface area contributed by atoms with Crippen molar-refractivity contribution in [3.63, 3.8) is 0 Å². The lowest BCUT2D eigenvalue weighted by atomic mass is 10.0. The lowest BCUT2D eigenvalue weighted by Crippen LogP contribution is -1.86. The smallest absolute Gasteiger partial charge is 0.0159 e. The Morgan fingerprint density at radius 1 is 0.923 bits per heavy atom. The first-order valence-corrected chi connectivity index (χ1v) is 4.08. The van der Waals surface area contributed by atoms with Crippen molar-refractivity contribution in [3.8, 4) is 0 Å². The van der Waals surface area contributed by atoms with Crippen LogP contribution in [0.1, 0.15) is 22.3 Å². The monoisotopic (exact) mass is 176 g/mol. The predicted molar refractivity (Wildman–Crippen MR) is 54.4 cm³/mol. The Labute approximate surface area is 79.1 Å². The molecule has 0 aliphatic carbocycles. The Morgan fingerprint density at radius 2 is 1.08 bits per heavy atom. The number of hydrogen-bond acceptors (Lipinski definition) is 1. The highest BCUT2D eigenvalue weighted by Crippen LogP contribution is 2.13. The summed E-state index contributed by atoms with van der Waals surface area (Å²) in [5, 5.41) is 6.76. The van der Waals surface area contributed by atoms with Gasteiger partial charge in [-0.2, -0.15) is 0 Å². The van der Waals surface area contributed by atoms with Gasteiger partial charge in [0.15, 0.2) is 0 Å². The minimum atomic E-state index is 0.500. The Bertz CT molecular complexity index is 273. The van der Waals surface area contributed by atoms with E-state index >= 15 is 0 Å². The molecule has 1 aromatic rings. The van der Waals surface area contributed by atoms with E-state index < -0.39 is 0 Å². The summed E-state index contributed by atoms with van der Waals surface area (Å²) in [5.74, 6) is 0. The van der Waals surface area contributed by atoms with Crippen molar-refractivity contribution < 1.29 is 4.79 Å². The Balaban J connectivity index is 0.000000424. The molecular weight excluding hydrogens is 162 g/mol. The number of aryl methyl sites for hydroxylation is 4. The summed E-state index contributed by atoms with van der Waals surface area (Å²) >= 11 is 0. The van der Waals surface area contributed by atoms with Crippen molar-refractivity contribution in [2.75, 3.05) is 0 Å². The van der Waals surface area contributed by atoms with Gasteiger partial charge < -0.3 is 5.41 Å². The fraction of sp³-hybridized carbons (Fsp3) is 0.364. The molecule has 0 saturated heterocycles. The largest absolute Gasteiger partial charge is 0.724 e. The van der Waals surface area contributed by atoms with Crippen LogP contribution in [0.25, 0.3) is 5.41 Å². The zero-order valence-electron chi connectivity index (χ0n) is 8.51. The molecule has 0 saturated carbocycles. The van der Waals surface area contributed by atoms with Crippen LogP contribution in [0, 0.1) is 27.7 Å². The molecule has 0 bridgehead atoms. The van der Waals surface area contributed by atoms with E-state index in [4.69, 9.17) is 10.2 Å². The summed E-state index contributed by atoms with van der Waals surface area (Å²) in [6, 6.07) is 4.48. The van der Waals surface area contributed by atoms with Crippen LogP contribution in [-0.4, -0.2) is 6.08 Å². The predicted octanol–water partition coefficient (Wildman–Crippen LogP) is 2.81. The van der Waals surface area contributed by atoms with Gasteiger partial charge in [-0.15, -0.1) is 0 Å². The second-order valence-electron chi connectivity index (χ2n) is 3.11. The van der Waals surface area contributed by atoms with Crippen molar-refractivity contribution >= 4 is 6.08 Å². The maximum Gasteiger partial charge on any atom is -0.0159 e. The van der Waals surface area contributed by atoms with Gasteiger partial charge in [0.05, 0.1) is 0 Å². The summed E-state index contributed by atoms with van der Waals surface area (Å²) in [4.78, 5) is 8.24. The Hall–Kier alpha value is -1.40. The number of nitrogens with zero attached hydrogens (tertiary/aromatic N) is 1. The molecule has 1 aromatic carbocycles. The second kappa shape index (κ2) is 5.28. The lowest BCUT2D eigenvalue weighted by Gasteiger charge is -2.04. The number of benzene rings is 1.